The Balaban J connectivity index is 1.59. The van der Waals surface area contributed by atoms with Gasteiger partial charge in [0.05, 0.1) is 0 Å². The van der Waals surface area contributed by atoms with E-state index in [0.717, 1.165) is 12.6 Å². The van der Waals surface area contributed by atoms with Crippen molar-refractivity contribution >= 4 is 0 Å². The molecule has 0 aromatic heterocycles. The molecule has 2 aliphatic heterocycles. The molecule has 4 heteroatoms. The van der Waals surface area contributed by atoms with Crippen LogP contribution >= 0.6 is 0 Å². The number of piperidine rings is 1. The monoisotopic (exact) mass is 294 g/mol. The van der Waals surface area contributed by atoms with Crippen molar-refractivity contribution in [2.24, 2.45) is 5.73 Å². The highest BCUT2D eigenvalue weighted by molar-refractivity contribution is 5.00. The summed E-state index contributed by atoms with van der Waals surface area (Å²) in [5, 5.41) is 0. The van der Waals surface area contributed by atoms with Gasteiger partial charge in [0, 0.05) is 50.3 Å². The van der Waals surface area contributed by atoms with Crippen molar-refractivity contribution in [3.63, 3.8) is 0 Å². The third-order valence-electron chi connectivity index (χ3n) is 6.56. The summed E-state index contributed by atoms with van der Waals surface area (Å²) in [5.41, 5.74) is 6.53. The van der Waals surface area contributed by atoms with Crippen LogP contribution in [0.25, 0.3) is 0 Å². The van der Waals surface area contributed by atoms with Crippen LogP contribution in [0, 0.1) is 0 Å². The van der Waals surface area contributed by atoms with Gasteiger partial charge in [-0.25, -0.2) is 0 Å². The van der Waals surface area contributed by atoms with Crippen LogP contribution < -0.4 is 5.73 Å². The SMILES string of the molecule is CC1CC(CN)(N2CCN(C3CCCC3)CC2)CCN1C. The second kappa shape index (κ2) is 6.53. The average molecular weight is 294 g/mol. The smallest absolute Gasteiger partial charge is 0.0359 e. The van der Waals surface area contributed by atoms with Gasteiger partial charge >= 0.3 is 0 Å². The molecule has 3 fully saturated rings. The number of likely N-dealkylation sites (tertiary alicyclic amines) is 1. The first kappa shape index (κ1) is 15.7. The van der Waals surface area contributed by atoms with E-state index in [2.05, 4.69) is 28.7 Å². The van der Waals surface area contributed by atoms with Crippen LogP contribution in [-0.4, -0.2) is 78.6 Å². The molecule has 2 N–H and O–H groups in total. The fourth-order valence-corrected chi connectivity index (χ4v) is 4.85. The molecule has 0 aromatic carbocycles. The van der Waals surface area contributed by atoms with Gasteiger partial charge in [0.2, 0.25) is 0 Å². The largest absolute Gasteiger partial charge is 0.329 e. The number of nitrogens with two attached hydrogens (primary N) is 1. The number of hydrogen-bond acceptors (Lipinski definition) is 4. The molecule has 0 amide bonds. The van der Waals surface area contributed by atoms with Crippen LogP contribution in [0.3, 0.4) is 0 Å². The molecule has 0 aromatic rings. The van der Waals surface area contributed by atoms with E-state index >= 15 is 0 Å². The molecule has 1 aliphatic carbocycles. The fraction of sp³-hybridized carbons (Fsp3) is 1.00. The topological polar surface area (TPSA) is 35.7 Å². The van der Waals surface area contributed by atoms with Crippen LogP contribution in [0.1, 0.15) is 45.4 Å². The van der Waals surface area contributed by atoms with Crippen molar-refractivity contribution in [3.8, 4) is 0 Å². The maximum Gasteiger partial charge on any atom is 0.0359 e. The lowest BCUT2D eigenvalue weighted by Crippen LogP contribution is -2.65. The highest BCUT2D eigenvalue weighted by Crippen LogP contribution is 2.33. The van der Waals surface area contributed by atoms with Gasteiger partial charge in [0.25, 0.3) is 0 Å². The zero-order valence-electron chi connectivity index (χ0n) is 14.1. The summed E-state index contributed by atoms with van der Waals surface area (Å²) < 4.78 is 0. The van der Waals surface area contributed by atoms with Crippen molar-refractivity contribution in [1.82, 2.24) is 14.7 Å². The van der Waals surface area contributed by atoms with Crippen LogP contribution in [0.2, 0.25) is 0 Å². The Morgan fingerprint density at radius 2 is 1.71 bits per heavy atom. The average Bonchev–Trinajstić information content (AvgIpc) is 3.05. The first-order valence-electron chi connectivity index (χ1n) is 9.04. The lowest BCUT2D eigenvalue weighted by molar-refractivity contribution is -0.0245. The third kappa shape index (κ3) is 3.14. The molecule has 0 radical (unpaired) electrons. The lowest BCUT2D eigenvalue weighted by atomic mass is 9.81. The minimum Gasteiger partial charge on any atom is -0.329 e. The van der Waals surface area contributed by atoms with E-state index in [0.29, 0.717) is 6.04 Å². The highest BCUT2D eigenvalue weighted by atomic mass is 15.3. The van der Waals surface area contributed by atoms with E-state index in [4.69, 9.17) is 5.73 Å². The van der Waals surface area contributed by atoms with E-state index in [-0.39, 0.29) is 5.54 Å². The molecule has 2 unspecified atom stereocenters. The van der Waals surface area contributed by atoms with Crippen LogP contribution in [0.4, 0.5) is 0 Å². The molecule has 1 saturated carbocycles. The first-order valence-corrected chi connectivity index (χ1v) is 9.04. The van der Waals surface area contributed by atoms with E-state index in [1.165, 1.54) is 71.2 Å². The summed E-state index contributed by atoms with van der Waals surface area (Å²) in [6.07, 6.45) is 8.24. The maximum absolute atomic E-state index is 6.26. The Labute approximate surface area is 130 Å². The molecule has 0 bridgehead atoms. The van der Waals surface area contributed by atoms with Crippen LogP contribution in [0.15, 0.2) is 0 Å². The molecule has 3 aliphatic rings. The molecule has 21 heavy (non-hydrogen) atoms. The lowest BCUT2D eigenvalue weighted by Gasteiger charge is -2.53. The zero-order valence-corrected chi connectivity index (χ0v) is 14.1. The Bertz CT molecular complexity index is 334. The molecular weight excluding hydrogens is 260 g/mol. The van der Waals surface area contributed by atoms with Gasteiger partial charge in [-0.1, -0.05) is 12.8 Å². The van der Waals surface area contributed by atoms with Gasteiger partial charge in [0.15, 0.2) is 0 Å². The van der Waals surface area contributed by atoms with Crippen molar-refractivity contribution in [2.45, 2.75) is 63.1 Å². The number of piperazine rings is 1. The van der Waals surface area contributed by atoms with Crippen molar-refractivity contribution in [2.75, 3.05) is 46.3 Å². The molecule has 2 saturated heterocycles. The van der Waals surface area contributed by atoms with E-state index in [1.807, 2.05) is 0 Å². The molecule has 122 valence electrons. The Kier molecular flexibility index (Phi) is 4.89. The van der Waals surface area contributed by atoms with E-state index in [1.54, 1.807) is 0 Å². The van der Waals surface area contributed by atoms with Crippen molar-refractivity contribution in [3.05, 3.63) is 0 Å². The quantitative estimate of drug-likeness (QED) is 0.852. The normalized spacial score (nSPS) is 38.1. The highest BCUT2D eigenvalue weighted by Gasteiger charge is 2.42. The van der Waals surface area contributed by atoms with Gasteiger partial charge in [-0.3, -0.25) is 9.80 Å². The van der Waals surface area contributed by atoms with Crippen molar-refractivity contribution < 1.29 is 0 Å². The third-order valence-corrected chi connectivity index (χ3v) is 6.56. The number of rotatable bonds is 3. The van der Waals surface area contributed by atoms with Crippen molar-refractivity contribution in [1.29, 1.82) is 0 Å². The first-order chi connectivity index (χ1) is 10.1. The predicted molar refractivity (Wildman–Crippen MR) is 88.5 cm³/mol. The van der Waals surface area contributed by atoms with Crippen LogP contribution in [0.5, 0.6) is 0 Å². The van der Waals surface area contributed by atoms with Gasteiger partial charge < -0.3 is 10.6 Å². The predicted octanol–water partition coefficient (Wildman–Crippen LogP) is 1.36. The zero-order chi connectivity index (χ0) is 14.9. The molecule has 4 nitrogen and oxygen atoms in total. The Morgan fingerprint density at radius 3 is 2.29 bits per heavy atom. The molecule has 2 heterocycles. The van der Waals surface area contributed by atoms with Gasteiger partial charge in [-0.2, -0.15) is 0 Å². The Morgan fingerprint density at radius 1 is 1.05 bits per heavy atom. The second-order valence-corrected chi connectivity index (χ2v) is 7.67. The molecule has 0 spiro atoms. The summed E-state index contributed by atoms with van der Waals surface area (Å²) in [4.78, 5) is 7.98. The summed E-state index contributed by atoms with van der Waals surface area (Å²) >= 11 is 0. The van der Waals surface area contributed by atoms with Gasteiger partial charge in [0.1, 0.15) is 0 Å². The minimum atomic E-state index is 0.272. The molecule has 3 rings (SSSR count). The second-order valence-electron chi connectivity index (χ2n) is 7.67. The summed E-state index contributed by atoms with van der Waals surface area (Å²) in [6, 6.07) is 1.55. The van der Waals surface area contributed by atoms with Crippen LogP contribution in [-0.2, 0) is 0 Å². The summed E-state index contributed by atoms with van der Waals surface area (Å²) in [5.74, 6) is 0. The Hall–Kier alpha value is -0.160. The van der Waals surface area contributed by atoms with Gasteiger partial charge in [-0.05, 0) is 46.2 Å². The number of hydrogen-bond donors (Lipinski definition) is 1. The standard InChI is InChI=1S/C17H34N4/c1-15-13-17(14-18,7-8-19(15)2)21-11-9-20(10-12-21)16-5-3-4-6-16/h15-16H,3-14,18H2,1-2H3. The van der Waals surface area contributed by atoms with Gasteiger partial charge in [-0.15, -0.1) is 0 Å². The molecule has 2 atom stereocenters. The number of nitrogens with zero attached hydrogens (tertiary/aromatic N) is 3. The van der Waals surface area contributed by atoms with E-state index in [9.17, 15) is 0 Å². The maximum atomic E-state index is 6.26. The molecular formula is C17H34N4. The minimum absolute atomic E-state index is 0.272. The van der Waals surface area contributed by atoms with E-state index < -0.39 is 0 Å². The summed E-state index contributed by atoms with van der Waals surface area (Å²) in [6.45, 7) is 9.36. The summed E-state index contributed by atoms with van der Waals surface area (Å²) in [7, 11) is 2.25. The fourth-order valence-electron chi connectivity index (χ4n) is 4.85.